The molecule has 5 heteroatoms. The Hall–Kier alpha value is -2.01. The Labute approximate surface area is 122 Å². The molecule has 0 aliphatic carbocycles. The second-order valence-electron chi connectivity index (χ2n) is 4.61. The first kappa shape index (κ1) is 14.4. The van der Waals surface area contributed by atoms with Gasteiger partial charge >= 0.3 is 0 Å². The minimum atomic E-state index is -0.129. The van der Waals surface area contributed by atoms with E-state index in [-0.39, 0.29) is 11.9 Å². The second kappa shape index (κ2) is 6.43. The highest BCUT2D eigenvalue weighted by Crippen LogP contribution is 2.09. The fourth-order valence-electron chi connectivity index (χ4n) is 1.68. The highest BCUT2D eigenvalue weighted by molar-refractivity contribution is 7.09. The molecule has 0 aliphatic rings. The molecule has 0 spiro atoms. The van der Waals surface area contributed by atoms with Crippen molar-refractivity contribution in [3.05, 3.63) is 52.0 Å². The molecule has 0 N–H and O–H groups in total. The molecule has 0 saturated carbocycles. The van der Waals surface area contributed by atoms with Gasteiger partial charge in [0, 0.05) is 23.7 Å². The zero-order chi connectivity index (χ0) is 14.5. The predicted octanol–water partition coefficient (Wildman–Crippen LogP) is 2.92. The van der Waals surface area contributed by atoms with Gasteiger partial charge < -0.3 is 0 Å². The molecule has 2 aromatic rings. The minimum absolute atomic E-state index is 0.129. The Kier molecular flexibility index (Phi) is 4.63. The number of aromatic nitrogens is 2. The van der Waals surface area contributed by atoms with Crippen LogP contribution in [0, 0.1) is 6.92 Å². The van der Waals surface area contributed by atoms with Crippen LogP contribution in [0.1, 0.15) is 29.3 Å². The van der Waals surface area contributed by atoms with Gasteiger partial charge in [-0.1, -0.05) is 6.07 Å². The third-order valence-corrected chi connectivity index (χ3v) is 3.29. The number of rotatable bonds is 3. The SMILES string of the molecule is Cc1nc(C=CC(=O)n2ccccc2=NC(C)C)cs1. The maximum atomic E-state index is 12.2. The van der Waals surface area contributed by atoms with Crippen molar-refractivity contribution < 1.29 is 4.79 Å². The summed E-state index contributed by atoms with van der Waals surface area (Å²) in [6.07, 6.45) is 4.97. The number of thiazole rings is 1. The first-order valence-corrected chi connectivity index (χ1v) is 7.30. The van der Waals surface area contributed by atoms with Crippen molar-refractivity contribution in [2.45, 2.75) is 26.8 Å². The molecule has 0 amide bonds. The Morgan fingerprint density at radius 2 is 2.25 bits per heavy atom. The summed E-state index contributed by atoms with van der Waals surface area (Å²) >= 11 is 1.56. The summed E-state index contributed by atoms with van der Waals surface area (Å²) < 4.78 is 1.54. The van der Waals surface area contributed by atoms with E-state index in [0.717, 1.165) is 10.7 Å². The molecule has 0 aromatic carbocycles. The lowest BCUT2D eigenvalue weighted by molar-refractivity contribution is 0.0964. The zero-order valence-electron chi connectivity index (χ0n) is 11.8. The number of allylic oxidation sites excluding steroid dienone is 1. The molecule has 0 atom stereocenters. The summed E-state index contributed by atoms with van der Waals surface area (Å²) in [6.45, 7) is 5.90. The van der Waals surface area contributed by atoms with E-state index in [1.54, 1.807) is 23.6 Å². The number of hydrogen-bond acceptors (Lipinski definition) is 4. The van der Waals surface area contributed by atoms with Gasteiger partial charge in [0.05, 0.1) is 10.7 Å². The number of carbonyl (C=O) groups excluding carboxylic acids is 1. The highest BCUT2D eigenvalue weighted by atomic mass is 32.1. The van der Waals surface area contributed by atoms with Crippen LogP contribution in [0.5, 0.6) is 0 Å². The maximum absolute atomic E-state index is 12.2. The molecule has 0 aliphatic heterocycles. The van der Waals surface area contributed by atoms with Crippen LogP contribution in [-0.2, 0) is 0 Å². The molecule has 2 aromatic heterocycles. The van der Waals surface area contributed by atoms with Crippen molar-refractivity contribution in [1.82, 2.24) is 9.55 Å². The van der Waals surface area contributed by atoms with Crippen molar-refractivity contribution in [2.24, 2.45) is 4.99 Å². The van der Waals surface area contributed by atoms with E-state index in [0.29, 0.717) is 5.49 Å². The lowest BCUT2D eigenvalue weighted by atomic mass is 10.3. The van der Waals surface area contributed by atoms with Crippen molar-refractivity contribution in [1.29, 1.82) is 0 Å². The van der Waals surface area contributed by atoms with E-state index in [1.807, 2.05) is 44.4 Å². The fourth-order valence-corrected chi connectivity index (χ4v) is 2.26. The van der Waals surface area contributed by atoms with E-state index in [9.17, 15) is 4.79 Å². The molecule has 4 nitrogen and oxygen atoms in total. The van der Waals surface area contributed by atoms with Crippen LogP contribution < -0.4 is 5.49 Å². The third kappa shape index (κ3) is 3.74. The number of nitrogens with zero attached hydrogens (tertiary/aromatic N) is 3. The Morgan fingerprint density at radius 1 is 1.45 bits per heavy atom. The van der Waals surface area contributed by atoms with E-state index < -0.39 is 0 Å². The molecular formula is C15H17N3OS. The van der Waals surface area contributed by atoms with E-state index in [1.165, 1.54) is 10.6 Å². The number of hydrogen-bond donors (Lipinski definition) is 0. The van der Waals surface area contributed by atoms with Crippen LogP contribution in [0.25, 0.3) is 6.08 Å². The van der Waals surface area contributed by atoms with Gasteiger partial charge in [-0.15, -0.1) is 11.3 Å². The molecule has 20 heavy (non-hydrogen) atoms. The maximum Gasteiger partial charge on any atom is 0.256 e. The van der Waals surface area contributed by atoms with E-state index in [4.69, 9.17) is 0 Å². The highest BCUT2D eigenvalue weighted by Gasteiger charge is 2.02. The summed E-state index contributed by atoms with van der Waals surface area (Å²) in [6, 6.07) is 5.66. The predicted molar refractivity (Wildman–Crippen MR) is 81.6 cm³/mol. The lowest BCUT2D eigenvalue weighted by Gasteiger charge is -2.03. The van der Waals surface area contributed by atoms with Gasteiger partial charge in [0.15, 0.2) is 0 Å². The van der Waals surface area contributed by atoms with Crippen molar-refractivity contribution in [2.75, 3.05) is 0 Å². The summed E-state index contributed by atoms with van der Waals surface area (Å²) in [5, 5.41) is 2.91. The Morgan fingerprint density at radius 3 is 2.90 bits per heavy atom. The third-order valence-electron chi connectivity index (χ3n) is 2.50. The van der Waals surface area contributed by atoms with Crippen LogP contribution in [0.2, 0.25) is 0 Å². The first-order chi connectivity index (χ1) is 9.56. The summed E-state index contributed by atoms with van der Waals surface area (Å²) in [4.78, 5) is 20.9. The monoisotopic (exact) mass is 287 g/mol. The Balaban J connectivity index is 2.28. The number of aryl methyl sites for hydroxylation is 1. The smallest absolute Gasteiger partial charge is 0.256 e. The summed E-state index contributed by atoms with van der Waals surface area (Å²) in [7, 11) is 0. The average molecular weight is 287 g/mol. The molecular weight excluding hydrogens is 270 g/mol. The fraction of sp³-hybridized carbons (Fsp3) is 0.267. The normalized spacial score (nSPS) is 12.5. The molecule has 104 valence electrons. The van der Waals surface area contributed by atoms with E-state index >= 15 is 0 Å². The van der Waals surface area contributed by atoms with Crippen LogP contribution >= 0.6 is 11.3 Å². The molecule has 0 saturated heterocycles. The average Bonchev–Trinajstić information content (AvgIpc) is 2.82. The quantitative estimate of drug-likeness (QED) is 0.815. The van der Waals surface area contributed by atoms with Crippen LogP contribution in [-0.4, -0.2) is 21.5 Å². The van der Waals surface area contributed by atoms with Crippen LogP contribution in [0.4, 0.5) is 0 Å². The lowest BCUT2D eigenvalue weighted by Crippen LogP contribution is -2.26. The zero-order valence-corrected chi connectivity index (χ0v) is 12.6. The summed E-state index contributed by atoms with van der Waals surface area (Å²) in [5.41, 5.74) is 1.46. The molecule has 0 radical (unpaired) electrons. The van der Waals surface area contributed by atoms with Crippen LogP contribution in [0.15, 0.2) is 40.8 Å². The van der Waals surface area contributed by atoms with Gasteiger partial charge in [-0.25, -0.2) is 4.98 Å². The van der Waals surface area contributed by atoms with Crippen molar-refractivity contribution >= 4 is 23.3 Å². The first-order valence-electron chi connectivity index (χ1n) is 6.42. The minimum Gasteiger partial charge on any atom is -0.269 e. The van der Waals surface area contributed by atoms with Crippen LogP contribution in [0.3, 0.4) is 0 Å². The van der Waals surface area contributed by atoms with Gasteiger partial charge in [-0.3, -0.25) is 14.4 Å². The molecule has 2 heterocycles. The van der Waals surface area contributed by atoms with Gasteiger partial charge in [0.25, 0.3) is 5.91 Å². The van der Waals surface area contributed by atoms with Gasteiger partial charge in [0.2, 0.25) is 0 Å². The summed E-state index contributed by atoms with van der Waals surface area (Å²) in [5.74, 6) is -0.129. The van der Waals surface area contributed by atoms with Crippen molar-refractivity contribution in [3.8, 4) is 0 Å². The molecule has 0 bridgehead atoms. The standard InChI is InChI=1S/C15H17N3OS/c1-11(2)16-14-6-4-5-9-18(14)15(19)8-7-13-10-20-12(3)17-13/h4-11H,1-3H3. The molecule has 0 fully saturated rings. The number of carbonyl (C=O) groups is 1. The van der Waals surface area contributed by atoms with Crippen molar-refractivity contribution in [3.63, 3.8) is 0 Å². The van der Waals surface area contributed by atoms with Gasteiger partial charge in [-0.05, 0) is 39.0 Å². The Bertz CT molecular complexity index is 695. The second-order valence-corrected chi connectivity index (χ2v) is 5.68. The number of pyridine rings is 1. The largest absolute Gasteiger partial charge is 0.269 e. The topological polar surface area (TPSA) is 47.2 Å². The molecule has 0 unspecified atom stereocenters. The van der Waals surface area contributed by atoms with Gasteiger partial charge in [-0.2, -0.15) is 0 Å². The van der Waals surface area contributed by atoms with Gasteiger partial charge in [0.1, 0.15) is 5.49 Å². The molecule has 2 rings (SSSR count). The van der Waals surface area contributed by atoms with E-state index in [2.05, 4.69) is 9.98 Å².